The number of carbonyl (C=O) groups excluding carboxylic acids is 1. The van der Waals surface area contributed by atoms with Gasteiger partial charge in [0.05, 0.1) is 18.0 Å². The molecular weight excluding hydrogens is 424 g/mol. The molecule has 0 spiro atoms. The van der Waals surface area contributed by atoms with Crippen LogP contribution in [0.2, 0.25) is 0 Å². The van der Waals surface area contributed by atoms with E-state index < -0.39 is 0 Å². The van der Waals surface area contributed by atoms with Gasteiger partial charge >= 0.3 is 0 Å². The Morgan fingerprint density at radius 3 is 2.59 bits per heavy atom. The molecule has 32 heavy (non-hydrogen) atoms. The van der Waals surface area contributed by atoms with Gasteiger partial charge in [-0.25, -0.2) is 0 Å². The van der Waals surface area contributed by atoms with E-state index in [1.165, 1.54) is 11.8 Å². The Hall–Kier alpha value is -3.52. The van der Waals surface area contributed by atoms with Gasteiger partial charge in [0.2, 0.25) is 5.91 Å². The van der Waals surface area contributed by atoms with Crippen molar-refractivity contribution in [3.05, 3.63) is 72.6 Å². The number of amides is 1. The number of rotatable bonds is 9. The largest absolute Gasteiger partial charge is 0.492 e. The fraction of sp³-hybridized carbons (Fsp3) is 0.208. The molecule has 1 amide bonds. The van der Waals surface area contributed by atoms with Gasteiger partial charge in [0.25, 0.3) is 0 Å². The third-order valence-corrected chi connectivity index (χ3v) is 5.85. The Balaban J connectivity index is 1.35. The third-order valence-electron chi connectivity index (χ3n) is 4.82. The van der Waals surface area contributed by atoms with E-state index in [0.29, 0.717) is 29.0 Å². The van der Waals surface area contributed by atoms with Gasteiger partial charge in [0.15, 0.2) is 11.0 Å². The number of anilines is 1. The highest BCUT2D eigenvalue weighted by Crippen LogP contribution is 2.27. The lowest BCUT2D eigenvalue weighted by Crippen LogP contribution is -2.15. The second-order valence-corrected chi connectivity index (χ2v) is 7.93. The van der Waals surface area contributed by atoms with Crippen molar-refractivity contribution >= 4 is 34.1 Å². The second kappa shape index (κ2) is 10.2. The Bertz CT molecular complexity index is 1220. The molecule has 0 aliphatic rings. The monoisotopic (exact) mass is 448 g/mol. The van der Waals surface area contributed by atoms with Gasteiger partial charge in [-0.3, -0.25) is 4.79 Å². The highest BCUT2D eigenvalue weighted by atomic mass is 32.2. The number of hydrogen-bond acceptors (Lipinski definition) is 6. The van der Waals surface area contributed by atoms with E-state index in [1.54, 1.807) is 0 Å². The van der Waals surface area contributed by atoms with Gasteiger partial charge < -0.3 is 19.4 Å². The van der Waals surface area contributed by atoms with Crippen LogP contribution in [0, 0.1) is 0 Å². The van der Waals surface area contributed by atoms with E-state index in [1.807, 2.05) is 73.1 Å². The summed E-state index contributed by atoms with van der Waals surface area (Å²) in [6, 6.07) is 21.4. The number of nitrogens with zero attached hydrogens (tertiary/aromatic N) is 3. The summed E-state index contributed by atoms with van der Waals surface area (Å²) in [6.45, 7) is 2.72. The first-order valence-corrected chi connectivity index (χ1v) is 11.3. The van der Waals surface area contributed by atoms with Gasteiger partial charge in [0, 0.05) is 12.4 Å². The molecule has 0 fully saturated rings. The first-order valence-electron chi connectivity index (χ1n) is 10.3. The molecule has 4 aromatic rings. The number of benzene rings is 3. The third kappa shape index (κ3) is 5.03. The molecule has 0 radical (unpaired) electrons. The SMILES string of the molecule is CCOc1ccccc1NC(=O)CSc1nnc(COc2cccc3ccccc23)n1C. The van der Waals surface area contributed by atoms with E-state index in [9.17, 15) is 4.79 Å². The zero-order valence-electron chi connectivity index (χ0n) is 17.9. The summed E-state index contributed by atoms with van der Waals surface area (Å²) >= 11 is 1.32. The molecule has 0 saturated heterocycles. The zero-order valence-corrected chi connectivity index (χ0v) is 18.8. The Morgan fingerprint density at radius 2 is 1.72 bits per heavy atom. The van der Waals surface area contributed by atoms with Crippen LogP contribution in [0.5, 0.6) is 11.5 Å². The van der Waals surface area contributed by atoms with Crippen molar-refractivity contribution in [3.63, 3.8) is 0 Å². The van der Waals surface area contributed by atoms with E-state index in [-0.39, 0.29) is 18.3 Å². The van der Waals surface area contributed by atoms with Crippen molar-refractivity contribution in [2.75, 3.05) is 17.7 Å². The fourth-order valence-corrected chi connectivity index (χ4v) is 3.96. The number of fused-ring (bicyclic) bond motifs is 1. The topological polar surface area (TPSA) is 78.3 Å². The van der Waals surface area contributed by atoms with Gasteiger partial charge in [0.1, 0.15) is 18.1 Å². The van der Waals surface area contributed by atoms with Gasteiger partial charge in [-0.1, -0.05) is 60.3 Å². The molecule has 8 heteroatoms. The molecule has 1 N–H and O–H groups in total. The van der Waals surface area contributed by atoms with Crippen molar-refractivity contribution in [1.29, 1.82) is 0 Å². The minimum Gasteiger partial charge on any atom is -0.492 e. The minimum atomic E-state index is -0.140. The van der Waals surface area contributed by atoms with Crippen LogP contribution < -0.4 is 14.8 Å². The molecule has 3 aromatic carbocycles. The van der Waals surface area contributed by atoms with Crippen molar-refractivity contribution in [2.45, 2.75) is 18.7 Å². The van der Waals surface area contributed by atoms with E-state index in [0.717, 1.165) is 16.5 Å². The van der Waals surface area contributed by atoms with Crippen LogP contribution in [0.1, 0.15) is 12.7 Å². The molecule has 4 rings (SSSR count). The second-order valence-electron chi connectivity index (χ2n) is 6.99. The summed E-state index contributed by atoms with van der Waals surface area (Å²) in [5.74, 6) is 2.20. The molecule has 0 saturated carbocycles. The molecule has 0 unspecified atom stereocenters. The highest BCUT2D eigenvalue weighted by molar-refractivity contribution is 7.99. The first-order chi connectivity index (χ1) is 15.7. The zero-order chi connectivity index (χ0) is 22.3. The van der Waals surface area contributed by atoms with Crippen molar-refractivity contribution < 1.29 is 14.3 Å². The van der Waals surface area contributed by atoms with Crippen LogP contribution in [-0.2, 0) is 18.4 Å². The fourth-order valence-electron chi connectivity index (χ4n) is 3.23. The normalized spacial score (nSPS) is 10.8. The Labute approximate surface area is 190 Å². The molecule has 164 valence electrons. The number of aromatic nitrogens is 3. The lowest BCUT2D eigenvalue weighted by molar-refractivity contribution is -0.113. The smallest absolute Gasteiger partial charge is 0.234 e. The number of hydrogen-bond donors (Lipinski definition) is 1. The first kappa shape index (κ1) is 21.7. The Kier molecular flexibility index (Phi) is 6.91. The molecule has 0 aliphatic carbocycles. The van der Waals surface area contributed by atoms with E-state index in [4.69, 9.17) is 9.47 Å². The average molecular weight is 449 g/mol. The van der Waals surface area contributed by atoms with Crippen LogP contribution in [-0.4, -0.2) is 33.0 Å². The molecule has 0 bridgehead atoms. The van der Waals surface area contributed by atoms with Crippen molar-refractivity contribution in [3.8, 4) is 11.5 Å². The Morgan fingerprint density at radius 1 is 0.969 bits per heavy atom. The van der Waals surface area contributed by atoms with Gasteiger partial charge in [-0.05, 0) is 30.5 Å². The maximum atomic E-state index is 12.4. The van der Waals surface area contributed by atoms with Crippen LogP contribution in [0.3, 0.4) is 0 Å². The predicted octanol–water partition coefficient (Wildman–Crippen LogP) is 4.68. The standard InChI is InChI=1S/C24H24N4O3S/c1-3-30-21-13-7-6-12-19(21)25-23(29)16-32-24-27-26-22(28(24)2)15-31-20-14-8-10-17-9-4-5-11-18(17)20/h4-14H,3,15-16H2,1-2H3,(H,25,29). The maximum absolute atomic E-state index is 12.4. The van der Waals surface area contributed by atoms with Gasteiger partial charge in [-0.2, -0.15) is 0 Å². The number of carbonyl (C=O) groups is 1. The summed E-state index contributed by atoms with van der Waals surface area (Å²) in [5, 5.41) is 14.1. The van der Waals surface area contributed by atoms with Gasteiger partial charge in [-0.15, -0.1) is 10.2 Å². The molecule has 7 nitrogen and oxygen atoms in total. The highest BCUT2D eigenvalue weighted by Gasteiger charge is 2.14. The number of para-hydroxylation sites is 2. The lowest BCUT2D eigenvalue weighted by atomic mass is 10.1. The molecular formula is C24H24N4O3S. The average Bonchev–Trinajstić information content (AvgIpc) is 3.17. The van der Waals surface area contributed by atoms with Crippen molar-refractivity contribution in [2.24, 2.45) is 7.05 Å². The minimum absolute atomic E-state index is 0.140. The molecule has 0 aliphatic heterocycles. The molecule has 0 atom stereocenters. The quantitative estimate of drug-likeness (QED) is 0.375. The lowest BCUT2D eigenvalue weighted by Gasteiger charge is -2.11. The molecule has 1 aromatic heterocycles. The summed E-state index contributed by atoms with van der Waals surface area (Å²) < 4.78 is 13.4. The van der Waals surface area contributed by atoms with Crippen LogP contribution >= 0.6 is 11.8 Å². The molecule has 1 heterocycles. The summed E-state index contributed by atoms with van der Waals surface area (Å²) in [6.07, 6.45) is 0. The summed E-state index contributed by atoms with van der Waals surface area (Å²) in [7, 11) is 1.87. The predicted molar refractivity (Wildman–Crippen MR) is 126 cm³/mol. The maximum Gasteiger partial charge on any atom is 0.234 e. The van der Waals surface area contributed by atoms with Crippen LogP contribution in [0.15, 0.2) is 71.9 Å². The van der Waals surface area contributed by atoms with E-state index >= 15 is 0 Å². The number of thioether (sulfide) groups is 1. The van der Waals surface area contributed by atoms with Crippen molar-refractivity contribution in [1.82, 2.24) is 14.8 Å². The van der Waals surface area contributed by atoms with Crippen LogP contribution in [0.4, 0.5) is 5.69 Å². The van der Waals surface area contributed by atoms with Crippen LogP contribution in [0.25, 0.3) is 10.8 Å². The van der Waals surface area contributed by atoms with E-state index in [2.05, 4.69) is 27.6 Å². The number of ether oxygens (including phenoxy) is 2. The number of nitrogens with one attached hydrogen (secondary N) is 1. The summed E-state index contributed by atoms with van der Waals surface area (Å²) in [5.41, 5.74) is 0.655. The summed E-state index contributed by atoms with van der Waals surface area (Å²) in [4.78, 5) is 12.4.